The van der Waals surface area contributed by atoms with Gasteiger partial charge in [0.15, 0.2) is 23.4 Å². The highest BCUT2D eigenvalue weighted by molar-refractivity contribution is 6.25. The molecule has 5 N–H and O–H groups in total. The summed E-state index contributed by atoms with van der Waals surface area (Å²) in [6.07, 6.45) is 1.60. The number of amides is 1. The summed E-state index contributed by atoms with van der Waals surface area (Å²) >= 11 is 0. The third-order valence-electron chi connectivity index (χ3n) is 8.30. The summed E-state index contributed by atoms with van der Waals surface area (Å²) in [5, 5.41) is 34.4. The highest BCUT2D eigenvalue weighted by Crippen LogP contribution is 2.56. The number of anilines is 1. The number of aliphatic hydroxyl groups is 3. The number of allylic oxidation sites excluding steroid dienone is 1. The van der Waals surface area contributed by atoms with Gasteiger partial charge in [0.2, 0.25) is 5.78 Å². The van der Waals surface area contributed by atoms with Crippen molar-refractivity contribution in [2.24, 2.45) is 17.6 Å². The van der Waals surface area contributed by atoms with E-state index in [4.69, 9.17) is 10.2 Å². The van der Waals surface area contributed by atoms with Crippen molar-refractivity contribution in [1.29, 1.82) is 0 Å². The van der Waals surface area contributed by atoms with E-state index in [0.717, 1.165) is 5.69 Å². The number of primary amides is 1. The molecule has 36 heavy (non-hydrogen) atoms. The molecule has 0 fully saturated rings. The van der Waals surface area contributed by atoms with Crippen molar-refractivity contribution in [3.63, 3.8) is 0 Å². The number of nitrogens with zero attached hydrogens (tertiary/aromatic N) is 3. The first-order chi connectivity index (χ1) is 16.8. The minimum Gasteiger partial charge on any atom is -0.509 e. The first-order valence-electron chi connectivity index (χ1n) is 11.5. The molecule has 0 spiro atoms. The smallest absolute Gasteiger partial charge is 0.255 e. The molecule has 1 amide bonds. The lowest BCUT2D eigenvalue weighted by Gasteiger charge is -2.55. The first kappa shape index (κ1) is 24.0. The largest absolute Gasteiger partial charge is 0.509 e. The summed E-state index contributed by atoms with van der Waals surface area (Å²) in [6.45, 7) is 1.56. The summed E-state index contributed by atoms with van der Waals surface area (Å²) in [7, 11) is 6.91. The van der Waals surface area contributed by atoms with Gasteiger partial charge in [-0.2, -0.15) is 0 Å². The predicted octanol–water partition coefficient (Wildman–Crippen LogP) is 1.01. The number of fused-ring (bicyclic) bond motifs is 5. The molecule has 0 aliphatic heterocycles. The van der Waals surface area contributed by atoms with E-state index in [2.05, 4.69) is 4.98 Å². The molecule has 1 aromatic heterocycles. The molecule has 0 bridgehead atoms. The van der Waals surface area contributed by atoms with Crippen LogP contribution in [0, 0.1) is 11.8 Å². The zero-order chi connectivity index (χ0) is 26.5. The monoisotopic (exact) mass is 496 g/mol. The van der Waals surface area contributed by atoms with Gasteiger partial charge < -0.3 is 30.4 Å². The molecule has 0 radical (unpaired) electrons. The molecule has 4 atom stereocenters. The number of hydrogen-bond acceptors (Lipinski definition) is 10. The Morgan fingerprint density at radius 2 is 1.86 bits per heavy atom. The van der Waals surface area contributed by atoms with Gasteiger partial charge in [-0.3, -0.25) is 19.3 Å². The van der Waals surface area contributed by atoms with Crippen LogP contribution in [0.5, 0.6) is 0 Å². The van der Waals surface area contributed by atoms with Crippen molar-refractivity contribution in [3.05, 3.63) is 46.3 Å². The number of hydrogen-bond donors (Lipinski definition) is 4. The van der Waals surface area contributed by atoms with Crippen LogP contribution in [-0.2, 0) is 16.0 Å². The number of benzene rings is 1. The SMILES string of the molecule is CN(C)c1cc2ncoc2c2c1C[C@H]1C[C@H]3C(C)(N(C)C)C(O)=C(C(N)=O)C(=O)[C@@]3(O)C(O)=C1C2=O. The third-order valence-corrected chi connectivity index (χ3v) is 8.30. The molecule has 3 aliphatic carbocycles. The maximum Gasteiger partial charge on any atom is 0.255 e. The van der Waals surface area contributed by atoms with Gasteiger partial charge in [0.25, 0.3) is 5.91 Å². The Labute approximate surface area is 206 Å². The Morgan fingerprint density at radius 3 is 2.44 bits per heavy atom. The normalized spacial score (nSPS) is 30.0. The zero-order valence-corrected chi connectivity index (χ0v) is 20.6. The van der Waals surface area contributed by atoms with Crippen LogP contribution >= 0.6 is 0 Å². The Kier molecular flexibility index (Phi) is 4.94. The van der Waals surface area contributed by atoms with Crippen molar-refractivity contribution in [1.82, 2.24) is 9.88 Å². The van der Waals surface area contributed by atoms with Gasteiger partial charge in [-0.15, -0.1) is 0 Å². The maximum absolute atomic E-state index is 13.9. The standard InChI is InChI=1S/C25H28N4O7/c1-24(29(4)5)14-7-10-6-11-13(28(2)3)8-12-19(36-9-27-12)16(11)18(30)15(10)21(32)25(14,35)22(33)17(20(24)31)23(26)34/h8-10,14,31-32,35H,6-7H2,1-5H3,(H2,26,34)/t10-,14-,24?,25-/m0/s1. The summed E-state index contributed by atoms with van der Waals surface area (Å²) in [6, 6.07) is 1.82. The number of likely N-dealkylation sites (N-methyl/N-ethyl adjacent to an activating group) is 1. The third kappa shape index (κ3) is 2.69. The molecule has 0 saturated heterocycles. The quantitative estimate of drug-likeness (QED) is 0.450. The fraction of sp³-hybridized carbons (Fsp3) is 0.440. The van der Waals surface area contributed by atoms with Gasteiger partial charge >= 0.3 is 0 Å². The maximum atomic E-state index is 13.9. The van der Waals surface area contributed by atoms with Gasteiger partial charge in [-0.25, -0.2) is 4.98 Å². The molecule has 1 aromatic carbocycles. The molecule has 0 saturated carbocycles. The highest BCUT2D eigenvalue weighted by atomic mass is 16.4. The number of oxazole rings is 1. The Hall–Kier alpha value is -3.70. The molecular formula is C25H28N4O7. The van der Waals surface area contributed by atoms with E-state index in [-0.39, 0.29) is 23.1 Å². The van der Waals surface area contributed by atoms with E-state index in [1.807, 2.05) is 25.1 Å². The van der Waals surface area contributed by atoms with Crippen LogP contribution in [0.25, 0.3) is 11.1 Å². The summed E-state index contributed by atoms with van der Waals surface area (Å²) < 4.78 is 5.52. The minimum absolute atomic E-state index is 0.0684. The van der Waals surface area contributed by atoms with Crippen molar-refractivity contribution in [2.45, 2.75) is 30.9 Å². The van der Waals surface area contributed by atoms with Gasteiger partial charge in [0, 0.05) is 31.3 Å². The van der Waals surface area contributed by atoms with Gasteiger partial charge in [-0.1, -0.05) is 0 Å². The lowest BCUT2D eigenvalue weighted by Crippen LogP contribution is -2.68. The number of nitrogens with two attached hydrogens (primary N) is 1. The zero-order valence-electron chi connectivity index (χ0n) is 20.6. The Balaban J connectivity index is 1.81. The second-order valence-electron chi connectivity index (χ2n) is 10.4. The minimum atomic E-state index is -2.64. The van der Waals surface area contributed by atoms with E-state index >= 15 is 0 Å². The molecule has 1 unspecified atom stereocenters. The number of carbonyl (C=O) groups excluding carboxylic acids is 3. The molecule has 5 rings (SSSR count). The van der Waals surface area contributed by atoms with Crippen LogP contribution in [0.15, 0.2) is 39.5 Å². The van der Waals surface area contributed by atoms with E-state index in [0.29, 0.717) is 17.5 Å². The van der Waals surface area contributed by atoms with Crippen LogP contribution in [-0.4, -0.2) is 82.0 Å². The molecule has 190 valence electrons. The Bertz CT molecular complexity index is 1440. The van der Waals surface area contributed by atoms with Gasteiger partial charge in [0.05, 0.1) is 11.1 Å². The van der Waals surface area contributed by atoms with E-state index < -0.39 is 57.5 Å². The molecule has 11 nitrogen and oxygen atoms in total. The lowest BCUT2D eigenvalue weighted by molar-refractivity contribution is -0.155. The second-order valence-corrected chi connectivity index (χ2v) is 10.4. The van der Waals surface area contributed by atoms with Crippen LogP contribution in [0.4, 0.5) is 5.69 Å². The molecule has 1 heterocycles. The Morgan fingerprint density at radius 1 is 1.19 bits per heavy atom. The van der Waals surface area contributed by atoms with Crippen molar-refractivity contribution >= 4 is 34.3 Å². The van der Waals surface area contributed by atoms with E-state index in [1.54, 1.807) is 25.9 Å². The molecular weight excluding hydrogens is 468 g/mol. The fourth-order valence-corrected chi connectivity index (χ4v) is 6.24. The second kappa shape index (κ2) is 7.40. The predicted molar refractivity (Wildman–Crippen MR) is 129 cm³/mol. The summed E-state index contributed by atoms with van der Waals surface area (Å²) in [5.74, 6) is -6.13. The van der Waals surface area contributed by atoms with E-state index in [1.165, 1.54) is 6.39 Å². The highest BCUT2D eigenvalue weighted by Gasteiger charge is 2.67. The number of rotatable bonds is 3. The fourth-order valence-electron chi connectivity index (χ4n) is 6.24. The van der Waals surface area contributed by atoms with Gasteiger partial charge in [-0.05, 0) is 51.4 Å². The van der Waals surface area contributed by atoms with Crippen LogP contribution in [0.1, 0.15) is 29.3 Å². The number of aliphatic hydroxyl groups excluding tert-OH is 2. The van der Waals surface area contributed by atoms with Crippen LogP contribution < -0.4 is 10.6 Å². The van der Waals surface area contributed by atoms with Crippen LogP contribution in [0.3, 0.4) is 0 Å². The topological polar surface area (TPSA) is 170 Å². The van der Waals surface area contributed by atoms with E-state index in [9.17, 15) is 29.7 Å². The average molecular weight is 497 g/mol. The lowest BCUT2D eigenvalue weighted by atomic mass is 9.54. The molecule has 11 heteroatoms. The average Bonchev–Trinajstić information content (AvgIpc) is 3.27. The number of ketones is 2. The number of aromatic nitrogens is 1. The van der Waals surface area contributed by atoms with Crippen LogP contribution in [0.2, 0.25) is 0 Å². The first-order valence-corrected chi connectivity index (χ1v) is 11.5. The molecule has 2 aromatic rings. The molecule has 3 aliphatic rings. The van der Waals surface area contributed by atoms with Crippen molar-refractivity contribution in [2.75, 3.05) is 33.1 Å². The number of Topliss-reactive ketones (excluding diaryl/α,β-unsaturated/α-hetero) is 2. The summed E-state index contributed by atoms with van der Waals surface area (Å²) in [5.41, 5.74) is 2.78. The van der Waals surface area contributed by atoms with Crippen molar-refractivity contribution in [3.8, 4) is 0 Å². The number of carbonyl (C=O) groups is 3. The summed E-state index contributed by atoms with van der Waals surface area (Å²) in [4.78, 5) is 47.2. The van der Waals surface area contributed by atoms with Gasteiger partial charge in [0.1, 0.15) is 22.6 Å². The van der Waals surface area contributed by atoms with Crippen molar-refractivity contribution < 1.29 is 34.1 Å².